The van der Waals surface area contributed by atoms with Crippen LogP contribution in [0.15, 0.2) is 24.3 Å². The van der Waals surface area contributed by atoms with E-state index in [1.165, 1.54) is 6.07 Å². The van der Waals surface area contributed by atoms with E-state index in [0.29, 0.717) is 5.56 Å². The highest BCUT2D eigenvalue weighted by Crippen LogP contribution is 2.15. The van der Waals surface area contributed by atoms with E-state index >= 15 is 0 Å². The first kappa shape index (κ1) is 9.16. The van der Waals surface area contributed by atoms with Gasteiger partial charge in [0.2, 0.25) is 0 Å². The zero-order chi connectivity index (χ0) is 9.14. The summed E-state index contributed by atoms with van der Waals surface area (Å²) in [6.07, 6.45) is 0. The van der Waals surface area contributed by atoms with Gasteiger partial charge in [0.25, 0.3) is 0 Å². The number of halogens is 1. The van der Waals surface area contributed by atoms with Crippen LogP contribution in [0, 0.1) is 5.82 Å². The molecule has 0 aliphatic heterocycles. The van der Waals surface area contributed by atoms with E-state index < -0.39 is 6.04 Å². The molecule has 1 aromatic carbocycles. The van der Waals surface area contributed by atoms with Gasteiger partial charge in [-0.3, -0.25) is 0 Å². The van der Waals surface area contributed by atoms with Crippen LogP contribution in [-0.4, -0.2) is 6.04 Å². The molecule has 0 radical (unpaired) electrons. The summed E-state index contributed by atoms with van der Waals surface area (Å²) in [5.41, 5.74) is 11.7. The first-order valence-corrected chi connectivity index (χ1v) is 3.88. The molecule has 2 atom stereocenters. The Hall–Kier alpha value is -0.930. The van der Waals surface area contributed by atoms with E-state index in [1.807, 2.05) is 0 Å². The molecular formula is C9H13FN2. The second-order valence-electron chi connectivity index (χ2n) is 2.91. The van der Waals surface area contributed by atoms with Gasteiger partial charge in [0.05, 0.1) is 0 Å². The lowest BCUT2D eigenvalue weighted by Crippen LogP contribution is -2.31. The standard InChI is InChI=1S/C9H13FN2/c1-6(11)9(12)7-4-2-3-5-8(7)10/h2-6,9H,11-12H2,1H3/t6-,9-/m0/s1. The Morgan fingerprint density at radius 1 is 1.25 bits per heavy atom. The van der Waals surface area contributed by atoms with Crippen molar-refractivity contribution in [3.8, 4) is 0 Å². The van der Waals surface area contributed by atoms with Gasteiger partial charge in [0, 0.05) is 17.6 Å². The molecule has 1 rings (SSSR count). The summed E-state index contributed by atoms with van der Waals surface area (Å²) in [7, 11) is 0. The summed E-state index contributed by atoms with van der Waals surface area (Å²) >= 11 is 0. The van der Waals surface area contributed by atoms with Crippen molar-refractivity contribution in [2.45, 2.75) is 19.0 Å². The summed E-state index contributed by atoms with van der Waals surface area (Å²) < 4.78 is 13.1. The summed E-state index contributed by atoms with van der Waals surface area (Å²) in [4.78, 5) is 0. The van der Waals surface area contributed by atoms with Crippen LogP contribution in [-0.2, 0) is 0 Å². The second kappa shape index (κ2) is 3.65. The van der Waals surface area contributed by atoms with E-state index in [2.05, 4.69) is 0 Å². The van der Waals surface area contributed by atoms with Gasteiger partial charge in [-0.15, -0.1) is 0 Å². The van der Waals surface area contributed by atoms with Crippen LogP contribution in [0.3, 0.4) is 0 Å². The Morgan fingerprint density at radius 2 is 1.83 bits per heavy atom. The highest BCUT2D eigenvalue weighted by atomic mass is 19.1. The Bertz CT molecular complexity index is 260. The average Bonchev–Trinajstić information content (AvgIpc) is 2.04. The van der Waals surface area contributed by atoms with Crippen molar-refractivity contribution in [3.05, 3.63) is 35.6 Å². The van der Waals surface area contributed by atoms with Crippen LogP contribution in [0.4, 0.5) is 4.39 Å². The third-order valence-corrected chi connectivity index (χ3v) is 1.83. The van der Waals surface area contributed by atoms with Crippen LogP contribution >= 0.6 is 0 Å². The molecule has 0 fully saturated rings. The Labute approximate surface area is 71.4 Å². The number of nitrogens with two attached hydrogens (primary N) is 2. The third kappa shape index (κ3) is 1.81. The molecule has 12 heavy (non-hydrogen) atoms. The summed E-state index contributed by atoms with van der Waals surface area (Å²) in [6.45, 7) is 1.76. The van der Waals surface area contributed by atoms with Crippen LogP contribution in [0.1, 0.15) is 18.5 Å². The third-order valence-electron chi connectivity index (χ3n) is 1.83. The van der Waals surface area contributed by atoms with Crippen LogP contribution in [0.2, 0.25) is 0 Å². The van der Waals surface area contributed by atoms with E-state index in [4.69, 9.17) is 11.5 Å². The van der Waals surface area contributed by atoms with Gasteiger partial charge < -0.3 is 11.5 Å². The molecule has 4 N–H and O–H groups in total. The molecule has 0 aromatic heterocycles. The van der Waals surface area contributed by atoms with Gasteiger partial charge in [-0.2, -0.15) is 0 Å². The van der Waals surface area contributed by atoms with Gasteiger partial charge in [0.1, 0.15) is 5.82 Å². The zero-order valence-electron chi connectivity index (χ0n) is 7.00. The number of benzene rings is 1. The molecule has 0 aliphatic rings. The van der Waals surface area contributed by atoms with Gasteiger partial charge in [-0.1, -0.05) is 18.2 Å². The quantitative estimate of drug-likeness (QED) is 0.696. The molecule has 66 valence electrons. The number of hydrogen-bond donors (Lipinski definition) is 2. The van der Waals surface area contributed by atoms with E-state index in [-0.39, 0.29) is 11.9 Å². The first-order valence-electron chi connectivity index (χ1n) is 3.88. The molecule has 0 amide bonds. The van der Waals surface area contributed by atoms with Crippen LogP contribution < -0.4 is 11.5 Å². The SMILES string of the molecule is C[C@H](N)[C@H](N)c1ccccc1F. The number of rotatable bonds is 2. The average molecular weight is 168 g/mol. The highest BCUT2D eigenvalue weighted by molar-refractivity contribution is 5.21. The minimum absolute atomic E-state index is 0.234. The lowest BCUT2D eigenvalue weighted by atomic mass is 10.0. The van der Waals surface area contributed by atoms with E-state index in [1.54, 1.807) is 25.1 Å². The largest absolute Gasteiger partial charge is 0.326 e. The topological polar surface area (TPSA) is 52.0 Å². The maximum atomic E-state index is 13.1. The molecule has 3 heteroatoms. The van der Waals surface area contributed by atoms with Crippen molar-refractivity contribution in [1.82, 2.24) is 0 Å². The highest BCUT2D eigenvalue weighted by Gasteiger charge is 2.13. The van der Waals surface area contributed by atoms with Crippen molar-refractivity contribution in [2.24, 2.45) is 11.5 Å². The molecule has 0 aliphatic carbocycles. The van der Waals surface area contributed by atoms with Crippen molar-refractivity contribution >= 4 is 0 Å². The van der Waals surface area contributed by atoms with Crippen molar-refractivity contribution in [3.63, 3.8) is 0 Å². The molecular weight excluding hydrogens is 155 g/mol. The normalized spacial score (nSPS) is 15.7. The van der Waals surface area contributed by atoms with Gasteiger partial charge in [0.15, 0.2) is 0 Å². The summed E-state index contributed by atoms with van der Waals surface area (Å²) in [5.74, 6) is -0.290. The zero-order valence-corrected chi connectivity index (χ0v) is 7.00. The predicted molar refractivity (Wildman–Crippen MR) is 47.0 cm³/mol. The van der Waals surface area contributed by atoms with Crippen molar-refractivity contribution in [2.75, 3.05) is 0 Å². The Balaban J connectivity index is 2.94. The fourth-order valence-electron chi connectivity index (χ4n) is 1.03. The fourth-order valence-corrected chi connectivity index (χ4v) is 1.03. The van der Waals surface area contributed by atoms with Crippen molar-refractivity contribution in [1.29, 1.82) is 0 Å². The summed E-state index contributed by atoms with van der Waals surface area (Å²) in [6, 6.07) is 5.77. The smallest absolute Gasteiger partial charge is 0.128 e. The predicted octanol–water partition coefficient (Wildman–Crippen LogP) is 1.17. The Kier molecular flexibility index (Phi) is 2.78. The van der Waals surface area contributed by atoms with E-state index in [0.717, 1.165) is 0 Å². The lowest BCUT2D eigenvalue weighted by molar-refractivity contribution is 0.536. The molecule has 0 spiro atoms. The second-order valence-corrected chi connectivity index (χ2v) is 2.91. The van der Waals surface area contributed by atoms with Crippen molar-refractivity contribution < 1.29 is 4.39 Å². The number of hydrogen-bond acceptors (Lipinski definition) is 2. The maximum absolute atomic E-state index is 13.1. The summed E-state index contributed by atoms with van der Waals surface area (Å²) in [5, 5.41) is 0. The molecule has 0 bridgehead atoms. The molecule has 0 heterocycles. The van der Waals surface area contributed by atoms with Gasteiger partial charge >= 0.3 is 0 Å². The van der Waals surface area contributed by atoms with Gasteiger partial charge in [-0.05, 0) is 13.0 Å². The van der Waals surface area contributed by atoms with E-state index in [9.17, 15) is 4.39 Å². The minimum atomic E-state index is -0.425. The first-order chi connectivity index (χ1) is 5.63. The lowest BCUT2D eigenvalue weighted by Gasteiger charge is -2.16. The Morgan fingerprint density at radius 3 is 2.33 bits per heavy atom. The monoisotopic (exact) mass is 168 g/mol. The molecule has 2 nitrogen and oxygen atoms in total. The fraction of sp³-hybridized carbons (Fsp3) is 0.333. The maximum Gasteiger partial charge on any atom is 0.128 e. The van der Waals surface area contributed by atoms with Crippen LogP contribution in [0.25, 0.3) is 0 Å². The molecule has 0 saturated heterocycles. The molecule has 0 saturated carbocycles. The molecule has 1 aromatic rings. The van der Waals surface area contributed by atoms with Crippen LogP contribution in [0.5, 0.6) is 0 Å². The van der Waals surface area contributed by atoms with Gasteiger partial charge in [-0.25, -0.2) is 4.39 Å². The molecule has 0 unspecified atom stereocenters. The minimum Gasteiger partial charge on any atom is -0.326 e.